The second kappa shape index (κ2) is 7.94. The molecule has 1 saturated heterocycles. The molecule has 1 aliphatic rings. The summed E-state index contributed by atoms with van der Waals surface area (Å²) in [4.78, 5) is 13.0. The zero-order chi connectivity index (χ0) is 19.5. The van der Waals surface area contributed by atoms with Crippen molar-refractivity contribution in [3.63, 3.8) is 0 Å². The van der Waals surface area contributed by atoms with Gasteiger partial charge in [0.25, 0.3) is 5.91 Å². The Morgan fingerprint density at radius 2 is 1.93 bits per heavy atom. The van der Waals surface area contributed by atoms with E-state index in [0.29, 0.717) is 17.2 Å². The molecule has 0 aliphatic carbocycles. The van der Waals surface area contributed by atoms with E-state index in [4.69, 9.17) is 4.74 Å². The molecule has 0 spiro atoms. The maximum Gasteiger partial charge on any atom is 0.260 e. The van der Waals surface area contributed by atoms with E-state index in [1.54, 1.807) is 18.2 Å². The van der Waals surface area contributed by atoms with Crippen molar-refractivity contribution in [2.45, 2.75) is 12.4 Å². The SMILES string of the molecule is CCOc1ccc2ccccc2c1/C=C1\SC(Nc2ccccc2F)NC1=O. The van der Waals surface area contributed by atoms with Crippen LogP contribution in [0.5, 0.6) is 5.75 Å². The fourth-order valence-electron chi connectivity index (χ4n) is 3.12. The number of ether oxygens (including phenoxy) is 1. The van der Waals surface area contributed by atoms with Gasteiger partial charge < -0.3 is 15.4 Å². The Kier molecular flexibility index (Phi) is 5.21. The highest BCUT2D eigenvalue weighted by Crippen LogP contribution is 2.35. The number of anilines is 1. The molecule has 3 aromatic rings. The summed E-state index contributed by atoms with van der Waals surface area (Å²) in [5.41, 5.74) is 0.770. The quantitative estimate of drug-likeness (QED) is 0.600. The van der Waals surface area contributed by atoms with Crippen LogP contribution in [0.2, 0.25) is 0 Å². The van der Waals surface area contributed by atoms with E-state index < -0.39 is 5.50 Å². The number of amides is 1. The van der Waals surface area contributed by atoms with Crippen molar-refractivity contribution in [2.24, 2.45) is 0 Å². The van der Waals surface area contributed by atoms with Crippen molar-refractivity contribution >= 4 is 40.2 Å². The highest BCUT2D eigenvalue weighted by molar-refractivity contribution is 8.05. The Labute approximate surface area is 166 Å². The summed E-state index contributed by atoms with van der Waals surface area (Å²) < 4.78 is 19.7. The molecule has 4 nitrogen and oxygen atoms in total. The van der Waals surface area contributed by atoms with E-state index in [1.807, 2.05) is 49.4 Å². The zero-order valence-corrected chi connectivity index (χ0v) is 16.1. The smallest absolute Gasteiger partial charge is 0.260 e. The Balaban J connectivity index is 1.66. The molecule has 0 saturated carbocycles. The fraction of sp³-hybridized carbons (Fsp3) is 0.136. The minimum Gasteiger partial charge on any atom is -0.493 e. The van der Waals surface area contributed by atoms with Crippen molar-refractivity contribution in [3.8, 4) is 5.75 Å². The van der Waals surface area contributed by atoms with Crippen LogP contribution in [0.15, 0.2) is 65.6 Å². The molecule has 0 radical (unpaired) electrons. The van der Waals surface area contributed by atoms with Gasteiger partial charge in [0, 0.05) is 5.56 Å². The van der Waals surface area contributed by atoms with Gasteiger partial charge in [-0.05, 0) is 42.0 Å². The summed E-state index contributed by atoms with van der Waals surface area (Å²) in [5.74, 6) is 0.171. The lowest BCUT2D eigenvalue weighted by atomic mass is 10.0. The normalized spacial score (nSPS) is 17.7. The molecule has 28 heavy (non-hydrogen) atoms. The van der Waals surface area contributed by atoms with Crippen LogP contribution in [0.3, 0.4) is 0 Å². The molecule has 1 heterocycles. The van der Waals surface area contributed by atoms with Crippen LogP contribution >= 0.6 is 11.8 Å². The lowest BCUT2D eigenvalue weighted by molar-refractivity contribution is -0.116. The number of benzene rings is 3. The summed E-state index contributed by atoms with van der Waals surface area (Å²) in [6.07, 6.45) is 1.84. The number of hydrogen-bond donors (Lipinski definition) is 2. The van der Waals surface area contributed by atoms with E-state index in [-0.39, 0.29) is 11.7 Å². The molecule has 3 aromatic carbocycles. The van der Waals surface area contributed by atoms with Crippen molar-refractivity contribution in [2.75, 3.05) is 11.9 Å². The molecule has 1 amide bonds. The summed E-state index contributed by atoms with van der Waals surface area (Å²) in [5, 5.41) is 7.94. The van der Waals surface area contributed by atoms with Gasteiger partial charge in [0.1, 0.15) is 11.6 Å². The number of nitrogens with one attached hydrogen (secondary N) is 2. The number of para-hydroxylation sites is 1. The molecule has 0 bridgehead atoms. The van der Waals surface area contributed by atoms with Crippen molar-refractivity contribution in [1.82, 2.24) is 5.32 Å². The van der Waals surface area contributed by atoms with E-state index >= 15 is 0 Å². The first-order valence-electron chi connectivity index (χ1n) is 9.00. The van der Waals surface area contributed by atoms with Crippen molar-refractivity contribution < 1.29 is 13.9 Å². The maximum absolute atomic E-state index is 13.9. The molecule has 1 aliphatic heterocycles. The number of fused-ring (bicyclic) bond motifs is 1. The molecule has 142 valence electrons. The molecule has 1 atom stereocenters. The largest absolute Gasteiger partial charge is 0.493 e. The molecule has 2 N–H and O–H groups in total. The highest BCUT2D eigenvalue weighted by atomic mass is 32.2. The summed E-state index contributed by atoms with van der Waals surface area (Å²) in [6.45, 7) is 2.46. The third kappa shape index (κ3) is 3.68. The first kappa shape index (κ1) is 18.4. The van der Waals surface area contributed by atoms with Crippen LogP contribution in [0.1, 0.15) is 12.5 Å². The topological polar surface area (TPSA) is 50.4 Å². The fourth-order valence-corrected chi connectivity index (χ4v) is 4.08. The lowest BCUT2D eigenvalue weighted by Gasteiger charge is -2.13. The zero-order valence-electron chi connectivity index (χ0n) is 15.2. The maximum atomic E-state index is 13.9. The molecular formula is C22H19FN2O2S. The Morgan fingerprint density at radius 3 is 2.75 bits per heavy atom. The molecule has 4 rings (SSSR count). The number of carbonyl (C=O) groups excluding carboxylic acids is 1. The number of hydrogen-bond acceptors (Lipinski definition) is 4. The van der Waals surface area contributed by atoms with Gasteiger partial charge >= 0.3 is 0 Å². The standard InChI is InChI=1S/C22H19FN2O2S/c1-2-27-19-12-11-14-7-3-4-8-15(14)16(19)13-20-21(26)25-22(28-20)24-18-10-6-5-9-17(18)23/h3-13,22,24H,2H2,1H3,(H,25,26)/b20-13-. The van der Waals surface area contributed by atoms with Gasteiger partial charge in [0.15, 0.2) is 5.50 Å². The van der Waals surface area contributed by atoms with Gasteiger partial charge in [-0.1, -0.05) is 54.2 Å². The van der Waals surface area contributed by atoms with Crippen molar-refractivity contribution in [3.05, 3.63) is 76.9 Å². The van der Waals surface area contributed by atoms with Gasteiger partial charge in [-0.3, -0.25) is 4.79 Å². The summed E-state index contributed by atoms with van der Waals surface area (Å²) in [7, 11) is 0. The average molecular weight is 394 g/mol. The summed E-state index contributed by atoms with van der Waals surface area (Å²) in [6, 6.07) is 18.3. The third-order valence-electron chi connectivity index (χ3n) is 4.40. The number of halogens is 1. The van der Waals surface area contributed by atoms with Crippen LogP contribution in [0, 0.1) is 5.82 Å². The van der Waals surface area contributed by atoms with Gasteiger partial charge in [0.2, 0.25) is 0 Å². The number of carbonyl (C=O) groups is 1. The van der Waals surface area contributed by atoms with Gasteiger partial charge in [0.05, 0.1) is 17.2 Å². The second-order valence-corrected chi connectivity index (χ2v) is 7.38. The van der Waals surface area contributed by atoms with E-state index in [2.05, 4.69) is 10.6 Å². The van der Waals surface area contributed by atoms with Gasteiger partial charge in [-0.25, -0.2) is 4.39 Å². The average Bonchev–Trinajstić information content (AvgIpc) is 3.04. The lowest BCUT2D eigenvalue weighted by Crippen LogP contribution is -2.31. The summed E-state index contributed by atoms with van der Waals surface area (Å²) >= 11 is 1.32. The Bertz CT molecular complexity index is 1070. The van der Waals surface area contributed by atoms with Crippen LogP contribution in [0.4, 0.5) is 10.1 Å². The Hall–Kier alpha value is -2.99. The molecule has 1 fully saturated rings. The van der Waals surface area contributed by atoms with Crippen LogP contribution in [0.25, 0.3) is 16.8 Å². The van der Waals surface area contributed by atoms with E-state index in [9.17, 15) is 9.18 Å². The number of rotatable bonds is 5. The molecular weight excluding hydrogens is 375 g/mol. The minimum absolute atomic E-state index is 0.200. The predicted molar refractivity (Wildman–Crippen MR) is 113 cm³/mol. The second-order valence-electron chi connectivity index (χ2n) is 6.24. The first-order chi connectivity index (χ1) is 13.7. The predicted octanol–water partition coefficient (Wildman–Crippen LogP) is 4.98. The molecule has 1 unspecified atom stereocenters. The number of thioether (sulfide) groups is 1. The first-order valence-corrected chi connectivity index (χ1v) is 9.88. The monoisotopic (exact) mass is 394 g/mol. The molecule has 6 heteroatoms. The minimum atomic E-state index is -0.443. The third-order valence-corrected chi connectivity index (χ3v) is 5.43. The van der Waals surface area contributed by atoms with Crippen LogP contribution in [-0.2, 0) is 4.79 Å². The van der Waals surface area contributed by atoms with Crippen LogP contribution in [-0.4, -0.2) is 18.0 Å². The van der Waals surface area contributed by atoms with Gasteiger partial charge in [-0.15, -0.1) is 0 Å². The van der Waals surface area contributed by atoms with Gasteiger partial charge in [-0.2, -0.15) is 0 Å². The van der Waals surface area contributed by atoms with Crippen molar-refractivity contribution in [1.29, 1.82) is 0 Å². The van der Waals surface area contributed by atoms with E-state index in [0.717, 1.165) is 22.1 Å². The molecule has 0 aromatic heterocycles. The van der Waals surface area contributed by atoms with Crippen LogP contribution < -0.4 is 15.4 Å². The highest BCUT2D eigenvalue weighted by Gasteiger charge is 2.28. The van der Waals surface area contributed by atoms with E-state index in [1.165, 1.54) is 17.8 Å². The Morgan fingerprint density at radius 1 is 1.14 bits per heavy atom.